The molecule has 0 aliphatic carbocycles. The second kappa shape index (κ2) is 10.8. The third-order valence-electron chi connectivity index (χ3n) is 7.06. The van der Waals surface area contributed by atoms with Crippen LogP contribution in [0.15, 0.2) is 104 Å². The first-order valence-corrected chi connectivity index (χ1v) is 12.8. The molecule has 0 unspecified atom stereocenters. The van der Waals surface area contributed by atoms with Crippen molar-refractivity contribution in [1.82, 2.24) is 14.0 Å². The molecule has 0 saturated carbocycles. The van der Waals surface area contributed by atoms with Gasteiger partial charge in [0.05, 0.1) is 11.1 Å². The number of carboxylic acid groups (broad SMARTS) is 1. The maximum Gasteiger partial charge on any atom is 0.338 e. The van der Waals surface area contributed by atoms with E-state index in [-0.39, 0.29) is 17.0 Å². The average Bonchev–Trinajstić information content (AvgIpc) is 3.46. The maximum atomic E-state index is 13.0. The van der Waals surface area contributed by atoms with Crippen LogP contribution in [0.4, 0.5) is 0 Å². The Morgan fingerprint density at radius 2 is 1.54 bits per heavy atom. The number of hydrogen-bond donors (Lipinski definition) is 1. The zero-order valence-corrected chi connectivity index (χ0v) is 22.1. The van der Waals surface area contributed by atoms with Gasteiger partial charge in [-0.1, -0.05) is 54.6 Å². The van der Waals surface area contributed by atoms with Gasteiger partial charge in [0, 0.05) is 52.8 Å². The van der Waals surface area contributed by atoms with Crippen LogP contribution < -0.4 is 0 Å². The highest BCUT2D eigenvalue weighted by Crippen LogP contribution is 2.29. The van der Waals surface area contributed by atoms with Gasteiger partial charge in [-0.15, -0.1) is 0 Å². The van der Waals surface area contributed by atoms with Gasteiger partial charge in [-0.3, -0.25) is 9.78 Å². The van der Waals surface area contributed by atoms with Crippen LogP contribution in [0.2, 0.25) is 0 Å². The summed E-state index contributed by atoms with van der Waals surface area (Å²) in [5, 5.41) is 10.1. The van der Waals surface area contributed by atoms with E-state index in [9.17, 15) is 14.7 Å². The van der Waals surface area contributed by atoms with Crippen molar-refractivity contribution in [1.29, 1.82) is 0 Å². The molecule has 0 aliphatic rings. The van der Waals surface area contributed by atoms with Crippen molar-refractivity contribution in [3.8, 4) is 11.1 Å². The van der Waals surface area contributed by atoms with E-state index in [1.165, 1.54) is 40.5 Å². The van der Waals surface area contributed by atoms with Crippen molar-refractivity contribution in [2.45, 2.75) is 27.3 Å². The van der Waals surface area contributed by atoms with Crippen LogP contribution in [0.5, 0.6) is 0 Å². The van der Waals surface area contributed by atoms with Gasteiger partial charge in [0.1, 0.15) is 5.69 Å². The van der Waals surface area contributed by atoms with E-state index >= 15 is 0 Å². The van der Waals surface area contributed by atoms with Crippen LogP contribution in [-0.4, -0.2) is 30.8 Å². The lowest BCUT2D eigenvalue weighted by atomic mass is 10.0. The van der Waals surface area contributed by atoms with Gasteiger partial charge in [0.25, 0.3) is 0 Å². The number of aromatic carboxylic acids is 1. The second-order valence-corrected chi connectivity index (χ2v) is 9.28. The predicted octanol–water partition coefficient (Wildman–Crippen LogP) is 7.21. The Balaban J connectivity index is 0.000000168. The summed E-state index contributed by atoms with van der Waals surface area (Å²) < 4.78 is 4.23. The van der Waals surface area contributed by atoms with Crippen LogP contribution in [0.25, 0.3) is 27.5 Å². The number of aromatic nitrogens is 3. The zero-order valence-electron chi connectivity index (χ0n) is 22.1. The minimum absolute atomic E-state index is 0.0258. The van der Waals surface area contributed by atoms with Gasteiger partial charge < -0.3 is 14.1 Å². The van der Waals surface area contributed by atoms with Crippen molar-refractivity contribution in [2.75, 3.05) is 0 Å². The molecule has 6 aromatic rings. The monoisotopic (exact) mass is 515 g/mol. The topological polar surface area (TPSA) is 76.6 Å². The molecule has 39 heavy (non-hydrogen) atoms. The molecule has 0 saturated heterocycles. The fourth-order valence-electron chi connectivity index (χ4n) is 5.17. The van der Waals surface area contributed by atoms with Gasteiger partial charge >= 0.3 is 5.97 Å². The molecule has 1 N–H and O–H groups in total. The Hall–Kier alpha value is -4.97. The molecule has 0 spiro atoms. The van der Waals surface area contributed by atoms with Crippen molar-refractivity contribution < 1.29 is 14.7 Å². The van der Waals surface area contributed by atoms with Crippen molar-refractivity contribution in [2.24, 2.45) is 0 Å². The van der Waals surface area contributed by atoms with Crippen LogP contribution >= 0.6 is 0 Å². The third-order valence-corrected chi connectivity index (χ3v) is 7.06. The zero-order chi connectivity index (χ0) is 27.5. The summed E-state index contributed by atoms with van der Waals surface area (Å²) >= 11 is 0. The highest BCUT2D eigenvalue weighted by atomic mass is 16.4. The Morgan fingerprint density at radius 1 is 0.846 bits per heavy atom. The highest BCUT2D eigenvalue weighted by Gasteiger charge is 2.25. The lowest BCUT2D eigenvalue weighted by Gasteiger charge is -2.06. The number of aryl methyl sites for hydroxylation is 2. The Kier molecular flexibility index (Phi) is 7.10. The fourth-order valence-corrected chi connectivity index (χ4v) is 5.17. The third kappa shape index (κ3) is 4.73. The summed E-state index contributed by atoms with van der Waals surface area (Å²) in [5.74, 6) is -1.51. The molecule has 0 atom stereocenters. The Labute approximate surface area is 226 Å². The van der Waals surface area contributed by atoms with E-state index < -0.39 is 5.97 Å². The number of carbonyl (C=O) groups excluding carboxylic acids is 1. The van der Waals surface area contributed by atoms with Crippen LogP contribution in [0, 0.1) is 13.8 Å². The van der Waals surface area contributed by atoms with E-state index in [2.05, 4.69) is 77.2 Å². The number of carbonyl (C=O) groups is 2. The number of nitrogens with zero attached hydrogens (tertiary/aromatic N) is 3. The van der Waals surface area contributed by atoms with Crippen LogP contribution in [0.3, 0.4) is 0 Å². The quantitative estimate of drug-likeness (QED) is 0.246. The number of para-hydroxylation sites is 1. The van der Waals surface area contributed by atoms with E-state index in [0.717, 1.165) is 23.1 Å². The molecule has 0 fully saturated rings. The first-order valence-electron chi connectivity index (χ1n) is 12.8. The summed E-state index contributed by atoms with van der Waals surface area (Å²) in [6.07, 6.45) is 5.72. The summed E-state index contributed by atoms with van der Waals surface area (Å²) in [6.45, 7) is 6.79. The standard InChI is InChI=1S/C18H16N2O3.C15H13N/c1-3-20-11(2)15(12-7-4-5-9-14(12)20)17(21)16-13(18(22)23)8-6-10-19-16;1-12-14(13-7-3-2-4-8-13)11-16-10-6-5-9-15(12)16/h4-10H,3H2,1-2H3,(H,22,23);2-11H,1H3. The van der Waals surface area contributed by atoms with E-state index in [0.29, 0.717) is 5.56 Å². The molecule has 0 radical (unpaired) electrons. The molecular formula is C33H29N3O3. The van der Waals surface area contributed by atoms with Gasteiger partial charge in [-0.05, 0) is 62.2 Å². The largest absolute Gasteiger partial charge is 0.478 e. The van der Waals surface area contributed by atoms with Crippen molar-refractivity contribution in [3.63, 3.8) is 0 Å². The molecule has 0 bridgehead atoms. The van der Waals surface area contributed by atoms with Gasteiger partial charge in [0.15, 0.2) is 0 Å². The van der Waals surface area contributed by atoms with Gasteiger partial charge in [0.2, 0.25) is 5.78 Å². The van der Waals surface area contributed by atoms with Gasteiger partial charge in [-0.2, -0.15) is 0 Å². The summed E-state index contributed by atoms with van der Waals surface area (Å²) in [4.78, 5) is 28.4. The summed E-state index contributed by atoms with van der Waals surface area (Å²) in [7, 11) is 0. The summed E-state index contributed by atoms with van der Waals surface area (Å²) in [5.41, 5.74) is 7.41. The molecule has 0 aliphatic heterocycles. The number of pyridine rings is 2. The molecule has 4 heterocycles. The SMILES string of the molecule is CCn1c(C)c(C(=O)c2ncccc2C(=O)O)c2ccccc21.Cc1c(-c2ccccc2)cn2ccccc12. The Bertz CT molecular complexity index is 1810. The smallest absolute Gasteiger partial charge is 0.338 e. The fraction of sp³-hybridized carbons (Fsp3) is 0.121. The number of fused-ring (bicyclic) bond motifs is 2. The van der Waals surface area contributed by atoms with E-state index in [1.54, 1.807) is 0 Å². The molecule has 6 heteroatoms. The second-order valence-electron chi connectivity index (χ2n) is 9.28. The highest BCUT2D eigenvalue weighted by molar-refractivity contribution is 6.19. The molecule has 0 amide bonds. The van der Waals surface area contributed by atoms with Crippen LogP contribution in [-0.2, 0) is 6.54 Å². The van der Waals surface area contributed by atoms with Gasteiger partial charge in [-0.25, -0.2) is 4.79 Å². The lowest BCUT2D eigenvalue weighted by molar-refractivity contribution is 0.0692. The average molecular weight is 516 g/mol. The molecule has 4 aromatic heterocycles. The number of benzene rings is 2. The number of hydrogen-bond acceptors (Lipinski definition) is 3. The minimum Gasteiger partial charge on any atom is -0.478 e. The van der Waals surface area contributed by atoms with E-state index in [4.69, 9.17) is 0 Å². The molecule has 2 aromatic carbocycles. The molecule has 6 nitrogen and oxygen atoms in total. The summed E-state index contributed by atoms with van der Waals surface area (Å²) in [6, 6.07) is 27.4. The predicted molar refractivity (Wildman–Crippen MR) is 155 cm³/mol. The Morgan fingerprint density at radius 3 is 2.26 bits per heavy atom. The van der Waals surface area contributed by atoms with Crippen molar-refractivity contribution in [3.05, 3.63) is 132 Å². The molecule has 194 valence electrons. The first kappa shape index (κ1) is 25.7. The van der Waals surface area contributed by atoms with Crippen molar-refractivity contribution >= 4 is 28.2 Å². The minimum atomic E-state index is -1.15. The lowest BCUT2D eigenvalue weighted by Crippen LogP contribution is -2.13. The first-order chi connectivity index (χ1) is 18.9. The van der Waals surface area contributed by atoms with E-state index in [1.807, 2.05) is 42.7 Å². The molecular weight excluding hydrogens is 486 g/mol. The number of ketones is 1. The maximum absolute atomic E-state index is 13.0. The number of carboxylic acids is 1. The molecule has 6 rings (SSSR count). The number of rotatable bonds is 5. The normalized spacial score (nSPS) is 10.8. The van der Waals surface area contributed by atoms with Crippen LogP contribution in [0.1, 0.15) is 44.6 Å².